The Bertz CT molecular complexity index is 1630. The molecule has 1 N–H and O–H groups in total. The SMILES string of the molecule is CNC(=O)[C@@H](Cc1ccccc1)N(Cc1ccccc1)C(=O)CN(c1cccc(C(F)(F)F)c1)S(=O)(=O)c1ccccc1. The zero-order valence-corrected chi connectivity index (χ0v) is 24.1. The third kappa shape index (κ3) is 7.81. The minimum Gasteiger partial charge on any atom is -0.357 e. The molecule has 4 aromatic carbocycles. The van der Waals surface area contributed by atoms with Gasteiger partial charge >= 0.3 is 6.18 Å². The van der Waals surface area contributed by atoms with Gasteiger partial charge < -0.3 is 10.2 Å². The van der Waals surface area contributed by atoms with Crippen molar-refractivity contribution in [2.45, 2.75) is 30.1 Å². The van der Waals surface area contributed by atoms with Gasteiger partial charge in [0, 0.05) is 20.0 Å². The van der Waals surface area contributed by atoms with E-state index in [9.17, 15) is 31.2 Å². The highest BCUT2D eigenvalue weighted by Gasteiger charge is 2.36. The summed E-state index contributed by atoms with van der Waals surface area (Å²) in [5.41, 5.74) is 0.0216. The standard InChI is InChI=1S/C32H30F3N3O4S/c1-36-31(40)29(20-24-12-5-2-6-13-24)37(22-25-14-7-3-8-15-25)30(39)23-38(43(41,42)28-18-9-4-10-19-28)27-17-11-16-26(21-27)32(33,34)35/h2-19,21,29H,20,22-23H2,1H3,(H,36,40)/t29-/m1/s1. The van der Waals surface area contributed by atoms with E-state index >= 15 is 0 Å². The number of sulfonamides is 1. The summed E-state index contributed by atoms with van der Waals surface area (Å²) in [6.45, 7) is -0.903. The first-order valence-corrected chi connectivity index (χ1v) is 14.8. The van der Waals surface area contributed by atoms with E-state index < -0.39 is 46.2 Å². The van der Waals surface area contributed by atoms with Crippen molar-refractivity contribution < 1.29 is 31.2 Å². The molecule has 0 aliphatic heterocycles. The van der Waals surface area contributed by atoms with Gasteiger partial charge in [-0.1, -0.05) is 84.9 Å². The predicted molar refractivity (Wildman–Crippen MR) is 157 cm³/mol. The zero-order valence-electron chi connectivity index (χ0n) is 23.2. The average Bonchev–Trinajstić information content (AvgIpc) is 3.02. The highest BCUT2D eigenvalue weighted by Crippen LogP contribution is 2.33. The van der Waals surface area contributed by atoms with Gasteiger partial charge in [-0.3, -0.25) is 13.9 Å². The molecule has 4 rings (SSSR count). The first-order valence-electron chi connectivity index (χ1n) is 13.3. The van der Waals surface area contributed by atoms with Crippen molar-refractivity contribution >= 4 is 27.5 Å². The molecule has 0 aliphatic carbocycles. The van der Waals surface area contributed by atoms with Gasteiger partial charge in [0.15, 0.2) is 0 Å². The molecule has 0 unspecified atom stereocenters. The van der Waals surface area contributed by atoms with Crippen LogP contribution in [0.2, 0.25) is 0 Å². The van der Waals surface area contributed by atoms with E-state index in [4.69, 9.17) is 0 Å². The number of amides is 2. The van der Waals surface area contributed by atoms with Crippen LogP contribution in [-0.4, -0.2) is 44.8 Å². The van der Waals surface area contributed by atoms with Crippen molar-refractivity contribution in [3.05, 3.63) is 132 Å². The highest BCUT2D eigenvalue weighted by molar-refractivity contribution is 7.92. The molecule has 0 aromatic heterocycles. The molecule has 0 aliphatic rings. The largest absolute Gasteiger partial charge is 0.416 e. The van der Waals surface area contributed by atoms with Gasteiger partial charge in [0.1, 0.15) is 12.6 Å². The summed E-state index contributed by atoms with van der Waals surface area (Å²) in [4.78, 5) is 28.4. The number of hydrogen-bond donors (Lipinski definition) is 1. The highest BCUT2D eigenvalue weighted by atomic mass is 32.2. The van der Waals surface area contributed by atoms with Gasteiger partial charge in [-0.25, -0.2) is 8.42 Å². The number of halogens is 3. The third-order valence-corrected chi connectivity index (χ3v) is 8.57. The van der Waals surface area contributed by atoms with E-state index in [1.807, 2.05) is 6.07 Å². The van der Waals surface area contributed by atoms with Crippen LogP contribution in [0.1, 0.15) is 16.7 Å². The van der Waals surface area contributed by atoms with Gasteiger partial charge in [-0.2, -0.15) is 13.2 Å². The molecular formula is C32H30F3N3O4S. The van der Waals surface area contributed by atoms with E-state index in [1.54, 1.807) is 60.7 Å². The Labute approximate surface area is 248 Å². The molecule has 4 aromatic rings. The van der Waals surface area contributed by atoms with E-state index in [2.05, 4.69) is 5.32 Å². The average molecular weight is 610 g/mol. The van der Waals surface area contributed by atoms with Gasteiger partial charge in [-0.05, 0) is 41.5 Å². The summed E-state index contributed by atoms with van der Waals surface area (Å²) in [5.74, 6) is -1.25. The van der Waals surface area contributed by atoms with Crippen molar-refractivity contribution in [1.29, 1.82) is 0 Å². The number of nitrogens with zero attached hydrogens (tertiary/aromatic N) is 2. The Morgan fingerprint density at radius 2 is 1.35 bits per heavy atom. The maximum Gasteiger partial charge on any atom is 0.416 e. The summed E-state index contributed by atoms with van der Waals surface area (Å²) in [6, 6.07) is 27.7. The normalized spacial score (nSPS) is 12.3. The lowest BCUT2D eigenvalue weighted by Gasteiger charge is -2.33. The van der Waals surface area contributed by atoms with E-state index in [0.29, 0.717) is 15.9 Å². The lowest BCUT2D eigenvalue weighted by molar-refractivity contribution is -0.139. The van der Waals surface area contributed by atoms with Crippen molar-refractivity contribution in [3.63, 3.8) is 0 Å². The number of likely N-dealkylation sites (N-methyl/N-ethyl adjacent to an activating group) is 1. The van der Waals surface area contributed by atoms with Crippen LogP contribution in [0.25, 0.3) is 0 Å². The van der Waals surface area contributed by atoms with Crippen LogP contribution in [0.15, 0.2) is 120 Å². The summed E-state index contributed by atoms with van der Waals surface area (Å²) in [5, 5.41) is 2.58. The van der Waals surface area contributed by atoms with Crippen molar-refractivity contribution in [3.8, 4) is 0 Å². The first kappa shape index (κ1) is 31.3. The molecule has 11 heteroatoms. The Kier molecular flexibility index (Phi) is 9.87. The Morgan fingerprint density at radius 1 is 0.791 bits per heavy atom. The van der Waals surface area contributed by atoms with Crippen LogP contribution in [0.5, 0.6) is 0 Å². The van der Waals surface area contributed by atoms with Crippen molar-refractivity contribution in [1.82, 2.24) is 10.2 Å². The van der Waals surface area contributed by atoms with Crippen LogP contribution in [0.3, 0.4) is 0 Å². The summed E-state index contributed by atoms with van der Waals surface area (Å²) in [6.07, 6.45) is -4.63. The summed E-state index contributed by atoms with van der Waals surface area (Å²) >= 11 is 0. The minimum absolute atomic E-state index is 0.0492. The van der Waals surface area contributed by atoms with Crippen LogP contribution >= 0.6 is 0 Å². The molecule has 1 atom stereocenters. The van der Waals surface area contributed by atoms with Crippen LogP contribution in [0.4, 0.5) is 18.9 Å². The topological polar surface area (TPSA) is 86.8 Å². The molecule has 224 valence electrons. The number of carbonyl (C=O) groups excluding carboxylic acids is 2. The smallest absolute Gasteiger partial charge is 0.357 e. The maximum atomic E-state index is 14.2. The quantitative estimate of drug-likeness (QED) is 0.251. The number of hydrogen-bond acceptors (Lipinski definition) is 4. The number of benzene rings is 4. The predicted octanol–water partition coefficient (Wildman–Crippen LogP) is 5.29. The summed E-state index contributed by atoms with van der Waals surface area (Å²) in [7, 11) is -3.08. The molecule has 7 nitrogen and oxygen atoms in total. The minimum atomic E-state index is -4.75. The number of carbonyl (C=O) groups is 2. The molecule has 0 spiro atoms. The van der Waals surface area contributed by atoms with Crippen LogP contribution in [0, 0.1) is 0 Å². The van der Waals surface area contributed by atoms with E-state index in [0.717, 1.165) is 17.7 Å². The molecule has 0 fully saturated rings. The Hall–Kier alpha value is -4.64. The first-order chi connectivity index (χ1) is 20.5. The molecular weight excluding hydrogens is 579 g/mol. The van der Waals surface area contributed by atoms with Crippen molar-refractivity contribution in [2.75, 3.05) is 17.9 Å². The Morgan fingerprint density at radius 3 is 1.91 bits per heavy atom. The Balaban J connectivity index is 1.81. The third-order valence-electron chi connectivity index (χ3n) is 6.78. The lowest BCUT2D eigenvalue weighted by atomic mass is 10.0. The fourth-order valence-electron chi connectivity index (χ4n) is 4.59. The van der Waals surface area contributed by atoms with Gasteiger partial charge in [0.05, 0.1) is 16.1 Å². The van der Waals surface area contributed by atoms with Crippen molar-refractivity contribution in [2.24, 2.45) is 0 Å². The number of rotatable bonds is 11. The molecule has 0 bridgehead atoms. The monoisotopic (exact) mass is 609 g/mol. The fraction of sp³-hybridized carbons (Fsp3) is 0.188. The molecule has 0 saturated carbocycles. The van der Waals surface area contributed by atoms with Crippen LogP contribution in [-0.2, 0) is 38.8 Å². The van der Waals surface area contributed by atoms with Gasteiger partial charge in [0.25, 0.3) is 10.0 Å². The van der Waals surface area contributed by atoms with Gasteiger partial charge in [0.2, 0.25) is 11.8 Å². The van der Waals surface area contributed by atoms with Crippen LogP contribution < -0.4 is 9.62 Å². The second-order valence-corrected chi connectivity index (χ2v) is 11.6. The van der Waals surface area contributed by atoms with E-state index in [1.165, 1.54) is 42.3 Å². The molecule has 0 saturated heterocycles. The number of nitrogens with one attached hydrogen (secondary N) is 1. The van der Waals surface area contributed by atoms with E-state index in [-0.39, 0.29) is 23.5 Å². The molecule has 0 heterocycles. The number of alkyl halides is 3. The summed E-state index contributed by atoms with van der Waals surface area (Å²) < 4.78 is 69.3. The number of anilines is 1. The molecule has 0 radical (unpaired) electrons. The molecule has 2 amide bonds. The second kappa shape index (κ2) is 13.6. The zero-order chi connectivity index (χ0) is 31.0. The lowest BCUT2D eigenvalue weighted by Crippen LogP contribution is -2.53. The second-order valence-electron chi connectivity index (χ2n) is 9.70. The van der Waals surface area contributed by atoms with Gasteiger partial charge in [-0.15, -0.1) is 0 Å². The fourth-order valence-corrected chi connectivity index (χ4v) is 6.01. The molecule has 43 heavy (non-hydrogen) atoms. The maximum absolute atomic E-state index is 14.2.